The molecule has 1 aliphatic carbocycles. The number of nitrogens with zero attached hydrogens (tertiary/aromatic N) is 1. The van der Waals surface area contributed by atoms with E-state index in [-0.39, 0.29) is 11.3 Å². The van der Waals surface area contributed by atoms with Crippen LogP contribution < -0.4 is 5.32 Å². The third kappa shape index (κ3) is 4.69. The number of fused-ring (bicyclic) bond motifs is 1. The summed E-state index contributed by atoms with van der Waals surface area (Å²) in [6.45, 7) is 6.82. The number of benzene rings is 1. The molecule has 1 aliphatic rings. The van der Waals surface area contributed by atoms with Gasteiger partial charge in [-0.2, -0.15) is 5.26 Å². The van der Waals surface area contributed by atoms with Crippen molar-refractivity contribution in [2.24, 2.45) is 11.3 Å². The third-order valence-electron chi connectivity index (χ3n) is 5.14. The van der Waals surface area contributed by atoms with Gasteiger partial charge in [-0.15, -0.1) is 11.3 Å². The predicted molar refractivity (Wildman–Crippen MR) is 116 cm³/mol. The lowest BCUT2D eigenvalue weighted by Gasteiger charge is -2.33. The van der Waals surface area contributed by atoms with Gasteiger partial charge in [-0.1, -0.05) is 48.8 Å². The second-order valence-corrected chi connectivity index (χ2v) is 10.0. The van der Waals surface area contributed by atoms with Crippen molar-refractivity contribution in [1.82, 2.24) is 0 Å². The van der Waals surface area contributed by atoms with Crippen molar-refractivity contribution < 1.29 is 4.79 Å². The van der Waals surface area contributed by atoms with E-state index in [4.69, 9.17) is 0 Å². The monoisotopic (exact) mass is 442 g/mol. The summed E-state index contributed by atoms with van der Waals surface area (Å²) >= 11 is 4.96. The lowest BCUT2D eigenvalue weighted by molar-refractivity contribution is -0.111. The van der Waals surface area contributed by atoms with Crippen molar-refractivity contribution in [1.29, 1.82) is 5.26 Å². The Morgan fingerprint density at radius 2 is 2.04 bits per heavy atom. The molecule has 27 heavy (non-hydrogen) atoms. The molecule has 5 heteroatoms. The Morgan fingerprint density at radius 3 is 2.67 bits per heavy atom. The molecular formula is C22H23BrN2OS. The number of hydrogen-bond donors (Lipinski definition) is 1. The van der Waals surface area contributed by atoms with Gasteiger partial charge >= 0.3 is 0 Å². The van der Waals surface area contributed by atoms with E-state index in [0.29, 0.717) is 16.5 Å². The van der Waals surface area contributed by atoms with Gasteiger partial charge in [-0.3, -0.25) is 4.79 Å². The molecule has 0 saturated heterocycles. The van der Waals surface area contributed by atoms with Crippen LogP contribution in [0.4, 0.5) is 5.00 Å². The number of carbonyl (C=O) groups excluding carboxylic acids is 1. The first kappa shape index (κ1) is 19.9. The molecule has 0 saturated carbocycles. The lowest BCUT2D eigenvalue weighted by Crippen LogP contribution is -2.26. The molecule has 0 bridgehead atoms. The van der Waals surface area contributed by atoms with Gasteiger partial charge in [0.15, 0.2) is 0 Å². The minimum absolute atomic E-state index is 0.208. The van der Waals surface area contributed by atoms with Gasteiger partial charge in [0.1, 0.15) is 11.1 Å². The van der Waals surface area contributed by atoms with Crippen molar-refractivity contribution in [3.63, 3.8) is 0 Å². The fraction of sp³-hybridized carbons (Fsp3) is 0.364. The molecule has 140 valence electrons. The summed E-state index contributed by atoms with van der Waals surface area (Å²) in [7, 11) is 0. The Kier molecular flexibility index (Phi) is 5.88. The molecule has 3 nitrogen and oxygen atoms in total. The largest absolute Gasteiger partial charge is 0.313 e. The molecule has 1 atom stereocenters. The zero-order valence-corrected chi connectivity index (χ0v) is 18.2. The minimum Gasteiger partial charge on any atom is -0.313 e. The normalized spacial score (nSPS) is 16.8. The van der Waals surface area contributed by atoms with Crippen molar-refractivity contribution in [2.75, 3.05) is 5.32 Å². The van der Waals surface area contributed by atoms with Gasteiger partial charge in [0, 0.05) is 15.4 Å². The van der Waals surface area contributed by atoms with E-state index in [1.54, 1.807) is 17.4 Å². The van der Waals surface area contributed by atoms with Crippen LogP contribution in [0, 0.1) is 22.7 Å². The molecule has 2 aromatic rings. The minimum atomic E-state index is -0.208. The number of thiophene rings is 1. The SMILES string of the molecule is CC(C)(C)[C@H]1CCc2c(sc(NC(=O)/C=C/c3ccc(Br)cc3)c2C#N)C1. The lowest BCUT2D eigenvalue weighted by atomic mass is 9.72. The third-order valence-corrected chi connectivity index (χ3v) is 6.83. The molecule has 3 rings (SSSR count). The van der Waals surface area contributed by atoms with Crippen LogP contribution in [0.3, 0.4) is 0 Å². The maximum absolute atomic E-state index is 12.3. The Labute approximate surface area is 173 Å². The summed E-state index contributed by atoms with van der Waals surface area (Å²) in [6.07, 6.45) is 6.29. The highest BCUT2D eigenvalue weighted by Crippen LogP contribution is 2.43. The van der Waals surface area contributed by atoms with Gasteiger partial charge in [-0.25, -0.2) is 0 Å². The van der Waals surface area contributed by atoms with Crippen LogP contribution in [-0.2, 0) is 17.6 Å². The summed E-state index contributed by atoms with van der Waals surface area (Å²) in [5.74, 6) is 0.399. The van der Waals surface area contributed by atoms with Crippen LogP contribution in [-0.4, -0.2) is 5.91 Å². The maximum Gasteiger partial charge on any atom is 0.249 e. The van der Waals surface area contributed by atoms with Gasteiger partial charge in [0.25, 0.3) is 0 Å². The highest BCUT2D eigenvalue weighted by atomic mass is 79.9. The van der Waals surface area contributed by atoms with E-state index in [2.05, 4.69) is 48.1 Å². The van der Waals surface area contributed by atoms with Crippen molar-refractivity contribution >= 4 is 44.3 Å². The number of anilines is 1. The van der Waals surface area contributed by atoms with Crippen LogP contribution in [0.1, 0.15) is 48.8 Å². The molecule has 1 aromatic heterocycles. The number of halogens is 1. The Bertz CT molecular complexity index is 914. The molecule has 1 N–H and O–H groups in total. The Morgan fingerprint density at radius 1 is 1.33 bits per heavy atom. The summed E-state index contributed by atoms with van der Waals surface area (Å²) in [4.78, 5) is 13.6. The summed E-state index contributed by atoms with van der Waals surface area (Å²) < 4.78 is 1.00. The molecular weight excluding hydrogens is 420 g/mol. The number of rotatable bonds is 3. The van der Waals surface area contributed by atoms with Gasteiger partial charge in [0.05, 0.1) is 5.56 Å². The Hall–Kier alpha value is -1.90. The van der Waals surface area contributed by atoms with Crippen LogP contribution in [0.2, 0.25) is 0 Å². The molecule has 0 aliphatic heterocycles. The van der Waals surface area contributed by atoms with Crippen LogP contribution in [0.15, 0.2) is 34.8 Å². The number of amides is 1. The van der Waals surface area contributed by atoms with Crippen LogP contribution in [0.5, 0.6) is 0 Å². The summed E-state index contributed by atoms with van der Waals surface area (Å²) in [5, 5.41) is 13.2. The van der Waals surface area contributed by atoms with E-state index >= 15 is 0 Å². The van der Waals surface area contributed by atoms with Crippen molar-refractivity contribution in [3.05, 3.63) is 56.4 Å². The van der Waals surface area contributed by atoms with E-state index < -0.39 is 0 Å². The van der Waals surface area contributed by atoms with Gasteiger partial charge in [-0.05, 0) is 59.9 Å². The average molecular weight is 443 g/mol. The topological polar surface area (TPSA) is 52.9 Å². The molecule has 0 fully saturated rings. The van der Waals surface area contributed by atoms with Gasteiger partial charge in [0.2, 0.25) is 5.91 Å². The predicted octanol–water partition coefficient (Wildman–Crippen LogP) is 6.19. The molecule has 0 radical (unpaired) electrons. The average Bonchev–Trinajstić information content (AvgIpc) is 2.96. The second kappa shape index (κ2) is 8.00. The van der Waals surface area contributed by atoms with Gasteiger partial charge < -0.3 is 5.32 Å². The summed E-state index contributed by atoms with van der Waals surface area (Å²) in [5.41, 5.74) is 2.99. The molecule has 0 spiro atoms. The van der Waals surface area contributed by atoms with E-state index in [0.717, 1.165) is 34.9 Å². The van der Waals surface area contributed by atoms with Crippen molar-refractivity contribution in [2.45, 2.75) is 40.0 Å². The first-order valence-corrected chi connectivity index (χ1v) is 10.7. The second-order valence-electron chi connectivity index (χ2n) is 8.00. The fourth-order valence-corrected chi connectivity index (χ4v) is 4.98. The van der Waals surface area contributed by atoms with Crippen LogP contribution >= 0.6 is 27.3 Å². The standard InChI is InChI=1S/C22H23BrN2OS/c1-22(2,3)15-7-10-17-18(13-24)21(27-19(17)12-15)25-20(26)11-6-14-4-8-16(23)9-5-14/h4-6,8-9,11,15H,7,10,12H2,1-3H3,(H,25,26)/b11-6+/t15-/m0/s1. The molecule has 0 unspecified atom stereocenters. The Balaban J connectivity index is 1.76. The number of nitrogens with one attached hydrogen (secondary N) is 1. The zero-order chi connectivity index (χ0) is 19.6. The maximum atomic E-state index is 12.3. The molecule has 1 aromatic carbocycles. The number of nitriles is 1. The first-order chi connectivity index (χ1) is 12.8. The highest BCUT2D eigenvalue weighted by Gasteiger charge is 2.32. The smallest absolute Gasteiger partial charge is 0.249 e. The number of carbonyl (C=O) groups is 1. The van der Waals surface area contributed by atoms with E-state index in [1.165, 1.54) is 11.0 Å². The van der Waals surface area contributed by atoms with Crippen LogP contribution in [0.25, 0.3) is 6.08 Å². The van der Waals surface area contributed by atoms with Crippen molar-refractivity contribution in [3.8, 4) is 6.07 Å². The van der Waals surface area contributed by atoms with E-state index in [9.17, 15) is 10.1 Å². The molecule has 1 heterocycles. The quantitative estimate of drug-likeness (QED) is 0.576. The fourth-order valence-electron chi connectivity index (χ4n) is 3.43. The first-order valence-electron chi connectivity index (χ1n) is 9.07. The summed E-state index contributed by atoms with van der Waals surface area (Å²) in [6, 6.07) is 10.0. The zero-order valence-electron chi connectivity index (χ0n) is 15.8. The highest BCUT2D eigenvalue weighted by molar-refractivity contribution is 9.10. The molecule has 1 amide bonds. The number of hydrogen-bond acceptors (Lipinski definition) is 3. The van der Waals surface area contributed by atoms with E-state index in [1.807, 2.05) is 24.3 Å².